The third-order valence-electron chi connectivity index (χ3n) is 3.90. The van der Waals surface area contributed by atoms with Gasteiger partial charge in [-0.1, -0.05) is 24.6 Å². The zero-order chi connectivity index (χ0) is 15.7. The minimum Gasteiger partial charge on any atom is -0.318 e. The number of hydrogen-bond acceptors (Lipinski definition) is 3. The number of nitrogens with zero attached hydrogens (tertiary/aromatic N) is 4. The van der Waals surface area contributed by atoms with Gasteiger partial charge in [0.05, 0.1) is 0 Å². The van der Waals surface area contributed by atoms with E-state index in [0.29, 0.717) is 11.1 Å². The van der Waals surface area contributed by atoms with E-state index in [1.165, 1.54) is 0 Å². The minimum absolute atomic E-state index is 0.0109. The van der Waals surface area contributed by atoms with Crippen LogP contribution in [0.1, 0.15) is 30.4 Å². The molecule has 3 aromatic heterocycles. The maximum absolute atomic E-state index is 11.4. The largest absolute Gasteiger partial charge is 0.318 e. The third kappa shape index (κ3) is 2.90. The van der Waals surface area contributed by atoms with Gasteiger partial charge in [0.25, 0.3) is 0 Å². The van der Waals surface area contributed by atoms with E-state index >= 15 is 0 Å². The number of aryl methyl sites for hydroxylation is 2. The lowest BCUT2D eigenvalue weighted by Gasteiger charge is -2.13. The molecule has 3 heterocycles. The molecule has 22 heavy (non-hydrogen) atoms. The number of rotatable bonds is 4. The first-order valence-corrected chi connectivity index (χ1v) is 7.58. The van der Waals surface area contributed by atoms with Crippen LogP contribution in [0, 0.1) is 0 Å². The quantitative estimate of drug-likeness (QED) is 0.743. The van der Waals surface area contributed by atoms with Crippen LogP contribution in [-0.2, 0) is 13.5 Å². The standard InChI is InChI=1S/C16H17ClN4O/c1-11(3-4-12-5-6-15(22)20(2)10-12)13-9-14(17)19-21-8-7-18-16(13)21/h5-11H,3-4H2,1-2H3/t11-/m1/s1. The van der Waals surface area contributed by atoms with Crippen molar-refractivity contribution in [3.05, 3.63) is 63.4 Å². The SMILES string of the molecule is C[C@H](CCc1ccc(=O)n(C)c1)c1cc(Cl)nn2ccnc12. The molecule has 3 rings (SSSR count). The first-order chi connectivity index (χ1) is 10.5. The molecule has 0 N–H and O–H groups in total. The van der Waals surface area contributed by atoms with Crippen molar-refractivity contribution in [3.8, 4) is 0 Å². The molecule has 5 nitrogen and oxygen atoms in total. The molecule has 0 saturated heterocycles. The lowest BCUT2D eigenvalue weighted by atomic mass is 9.95. The highest BCUT2D eigenvalue weighted by atomic mass is 35.5. The van der Waals surface area contributed by atoms with E-state index in [4.69, 9.17) is 11.6 Å². The summed E-state index contributed by atoms with van der Waals surface area (Å²) in [5.41, 5.74) is 3.09. The second-order valence-corrected chi connectivity index (χ2v) is 5.93. The van der Waals surface area contributed by atoms with Crippen molar-refractivity contribution in [2.45, 2.75) is 25.7 Å². The lowest BCUT2D eigenvalue weighted by molar-refractivity contribution is 0.671. The molecule has 0 amide bonds. The van der Waals surface area contributed by atoms with Crippen molar-refractivity contribution in [2.24, 2.45) is 7.05 Å². The van der Waals surface area contributed by atoms with Crippen LogP contribution in [0.25, 0.3) is 5.65 Å². The van der Waals surface area contributed by atoms with Gasteiger partial charge in [0.15, 0.2) is 5.65 Å². The van der Waals surface area contributed by atoms with E-state index in [9.17, 15) is 4.79 Å². The monoisotopic (exact) mass is 316 g/mol. The van der Waals surface area contributed by atoms with Gasteiger partial charge >= 0.3 is 0 Å². The Balaban J connectivity index is 1.81. The summed E-state index contributed by atoms with van der Waals surface area (Å²) in [6.45, 7) is 2.16. The number of halogens is 1. The fraction of sp³-hybridized carbons (Fsp3) is 0.312. The highest BCUT2D eigenvalue weighted by molar-refractivity contribution is 6.29. The van der Waals surface area contributed by atoms with Gasteiger partial charge in [0, 0.05) is 37.3 Å². The Morgan fingerprint density at radius 2 is 2.18 bits per heavy atom. The van der Waals surface area contributed by atoms with Gasteiger partial charge in [-0.15, -0.1) is 0 Å². The van der Waals surface area contributed by atoms with Gasteiger partial charge in [-0.25, -0.2) is 9.50 Å². The summed E-state index contributed by atoms with van der Waals surface area (Å²) in [6, 6.07) is 5.38. The fourth-order valence-electron chi connectivity index (χ4n) is 2.61. The first-order valence-electron chi connectivity index (χ1n) is 7.20. The average Bonchev–Trinajstić information content (AvgIpc) is 2.95. The molecule has 0 spiro atoms. The first kappa shape index (κ1) is 14.8. The minimum atomic E-state index is 0.0109. The van der Waals surface area contributed by atoms with Crippen molar-refractivity contribution in [2.75, 3.05) is 0 Å². The molecule has 0 aliphatic heterocycles. The maximum Gasteiger partial charge on any atom is 0.250 e. The molecule has 114 valence electrons. The Bertz CT molecular complexity index is 868. The molecule has 0 bridgehead atoms. The van der Waals surface area contributed by atoms with Crippen LogP contribution >= 0.6 is 11.6 Å². The second-order valence-electron chi connectivity index (χ2n) is 5.54. The molecule has 1 atom stereocenters. The smallest absolute Gasteiger partial charge is 0.250 e. The lowest BCUT2D eigenvalue weighted by Crippen LogP contribution is -2.15. The van der Waals surface area contributed by atoms with Crippen LogP contribution in [0.5, 0.6) is 0 Å². The summed E-state index contributed by atoms with van der Waals surface area (Å²) >= 11 is 6.08. The van der Waals surface area contributed by atoms with Gasteiger partial charge in [-0.2, -0.15) is 5.10 Å². The van der Waals surface area contributed by atoms with Gasteiger partial charge in [-0.3, -0.25) is 4.79 Å². The van der Waals surface area contributed by atoms with Crippen LogP contribution < -0.4 is 5.56 Å². The molecule has 0 aromatic carbocycles. The maximum atomic E-state index is 11.4. The van der Waals surface area contributed by atoms with Crippen LogP contribution in [0.4, 0.5) is 0 Å². The van der Waals surface area contributed by atoms with Crippen molar-refractivity contribution >= 4 is 17.2 Å². The molecule has 0 fully saturated rings. The molecule has 0 unspecified atom stereocenters. The van der Waals surface area contributed by atoms with Crippen molar-refractivity contribution in [1.82, 2.24) is 19.2 Å². The summed E-state index contributed by atoms with van der Waals surface area (Å²) in [5.74, 6) is 0.294. The van der Waals surface area contributed by atoms with E-state index < -0.39 is 0 Å². The van der Waals surface area contributed by atoms with Gasteiger partial charge < -0.3 is 4.57 Å². The van der Waals surface area contributed by atoms with Crippen LogP contribution in [0.2, 0.25) is 5.15 Å². The summed E-state index contributed by atoms with van der Waals surface area (Å²) in [4.78, 5) is 15.8. The number of imidazole rings is 1. The number of hydrogen-bond donors (Lipinski definition) is 0. The zero-order valence-electron chi connectivity index (χ0n) is 12.5. The highest BCUT2D eigenvalue weighted by Crippen LogP contribution is 2.26. The molecule has 0 aliphatic carbocycles. The van der Waals surface area contributed by atoms with Gasteiger partial charge in [0.2, 0.25) is 5.56 Å². The Kier molecular flexibility index (Phi) is 3.98. The van der Waals surface area contributed by atoms with E-state index in [1.807, 2.05) is 18.3 Å². The van der Waals surface area contributed by atoms with Crippen molar-refractivity contribution in [1.29, 1.82) is 0 Å². The highest BCUT2D eigenvalue weighted by Gasteiger charge is 2.13. The second kappa shape index (κ2) is 5.93. The summed E-state index contributed by atoms with van der Waals surface area (Å²) in [7, 11) is 1.77. The summed E-state index contributed by atoms with van der Waals surface area (Å²) in [6.07, 6.45) is 7.25. The van der Waals surface area contributed by atoms with Crippen LogP contribution in [-0.4, -0.2) is 19.2 Å². The Morgan fingerprint density at radius 1 is 1.36 bits per heavy atom. The molecule has 0 aliphatic rings. The zero-order valence-corrected chi connectivity index (χ0v) is 13.3. The molecule has 3 aromatic rings. The van der Waals surface area contributed by atoms with E-state index in [1.54, 1.807) is 34.6 Å². The van der Waals surface area contributed by atoms with Crippen molar-refractivity contribution in [3.63, 3.8) is 0 Å². The number of fused-ring (bicyclic) bond motifs is 1. The topological polar surface area (TPSA) is 52.2 Å². The third-order valence-corrected chi connectivity index (χ3v) is 4.09. The van der Waals surface area contributed by atoms with Crippen LogP contribution in [0.15, 0.2) is 41.6 Å². The number of pyridine rings is 1. The average molecular weight is 317 g/mol. The summed E-state index contributed by atoms with van der Waals surface area (Å²) in [5, 5.41) is 4.67. The van der Waals surface area contributed by atoms with Gasteiger partial charge in [-0.05, 0) is 30.4 Å². The predicted octanol–water partition coefficient (Wildman–Crippen LogP) is 2.82. The predicted molar refractivity (Wildman–Crippen MR) is 86.4 cm³/mol. The molecular weight excluding hydrogens is 300 g/mol. The fourth-order valence-corrected chi connectivity index (χ4v) is 2.81. The van der Waals surface area contributed by atoms with E-state index in [2.05, 4.69) is 17.0 Å². The van der Waals surface area contributed by atoms with E-state index in [-0.39, 0.29) is 5.56 Å². The Hall–Kier alpha value is -2.14. The summed E-state index contributed by atoms with van der Waals surface area (Å²) < 4.78 is 3.32. The van der Waals surface area contributed by atoms with Crippen LogP contribution in [0.3, 0.4) is 0 Å². The molecule has 6 heteroatoms. The molecule has 0 radical (unpaired) electrons. The van der Waals surface area contributed by atoms with Gasteiger partial charge in [0.1, 0.15) is 5.15 Å². The number of aromatic nitrogens is 4. The molecule has 0 saturated carbocycles. The normalized spacial score (nSPS) is 12.7. The Labute approximate surface area is 133 Å². The van der Waals surface area contributed by atoms with Crippen molar-refractivity contribution < 1.29 is 0 Å². The Morgan fingerprint density at radius 3 is 2.95 bits per heavy atom. The van der Waals surface area contributed by atoms with E-state index in [0.717, 1.165) is 29.6 Å². The molecular formula is C16H17ClN4O.